The number of benzene rings is 3. The van der Waals surface area contributed by atoms with Gasteiger partial charge in [0.1, 0.15) is 0 Å². The third-order valence-corrected chi connectivity index (χ3v) is 7.36. The Hall–Kier alpha value is -2.86. The van der Waals surface area contributed by atoms with Crippen LogP contribution in [-0.4, -0.2) is 20.5 Å². The summed E-state index contributed by atoms with van der Waals surface area (Å²) >= 11 is 10.1. The van der Waals surface area contributed by atoms with E-state index >= 15 is 0 Å². The quantitative estimate of drug-likeness (QED) is 0.245. The monoisotopic (exact) mass is 459 g/mol. The summed E-state index contributed by atoms with van der Waals surface area (Å²) in [6.45, 7) is 0. The molecular weight excluding hydrogens is 442 g/mol. The summed E-state index contributed by atoms with van der Waals surface area (Å²) in [6.07, 6.45) is 4.27. The Morgan fingerprint density at radius 2 is 1.58 bits per heavy atom. The Balaban J connectivity index is 1.51. The van der Waals surface area contributed by atoms with Crippen LogP contribution in [0.4, 0.5) is 0 Å². The number of aromatic nitrogens is 3. The van der Waals surface area contributed by atoms with Gasteiger partial charge in [-0.1, -0.05) is 102 Å². The summed E-state index contributed by atoms with van der Waals surface area (Å²) in [7, 11) is 0. The van der Waals surface area contributed by atoms with Crippen molar-refractivity contribution in [1.29, 1.82) is 0 Å². The summed E-state index contributed by atoms with van der Waals surface area (Å²) in [5.74, 6) is 1.56. The van der Waals surface area contributed by atoms with E-state index in [1.807, 2.05) is 54.6 Å². The van der Waals surface area contributed by atoms with Gasteiger partial charge in [0.25, 0.3) is 0 Å². The molecule has 6 heteroatoms. The Morgan fingerprint density at radius 1 is 0.871 bits per heavy atom. The Morgan fingerprint density at radius 3 is 2.35 bits per heavy atom. The second-order valence-electron chi connectivity index (χ2n) is 6.84. The molecule has 0 aliphatic heterocycles. The standard InChI is InChI=1S/C25H18ClN3S2/c26-22-20-15-7-8-16-21(20)31-23(22)24-27-28-25(29(24)19-13-5-2-6-14-19)30-17-9-12-18-10-3-1-4-11-18/h1-16H,17H2/b12-9+. The van der Waals surface area contributed by atoms with Crippen LogP contribution in [0.1, 0.15) is 5.56 Å². The second kappa shape index (κ2) is 9.10. The number of thioether (sulfide) groups is 1. The van der Waals surface area contributed by atoms with Gasteiger partial charge in [-0.3, -0.25) is 4.57 Å². The summed E-state index contributed by atoms with van der Waals surface area (Å²) in [5.41, 5.74) is 2.20. The van der Waals surface area contributed by atoms with Crippen molar-refractivity contribution in [3.63, 3.8) is 0 Å². The lowest BCUT2D eigenvalue weighted by molar-refractivity contribution is 0.888. The fourth-order valence-electron chi connectivity index (χ4n) is 3.35. The summed E-state index contributed by atoms with van der Waals surface area (Å²) < 4.78 is 3.24. The summed E-state index contributed by atoms with van der Waals surface area (Å²) in [6, 6.07) is 28.6. The van der Waals surface area contributed by atoms with Crippen molar-refractivity contribution in [2.45, 2.75) is 5.16 Å². The lowest BCUT2D eigenvalue weighted by atomic mass is 10.2. The molecule has 0 atom stereocenters. The van der Waals surface area contributed by atoms with E-state index in [-0.39, 0.29) is 0 Å². The lowest BCUT2D eigenvalue weighted by Gasteiger charge is -2.09. The minimum absolute atomic E-state index is 0.728. The molecule has 0 aliphatic rings. The molecule has 152 valence electrons. The smallest absolute Gasteiger partial charge is 0.196 e. The first-order valence-electron chi connectivity index (χ1n) is 9.84. The van der Waals surface area contributed by atoms with Gasteiger partial charge in [-0.05, 0) is 23.8 Å². The molecule has 5 aromatic rings. The molecule has 0 amide bonds. The van der Waals surface area contributed by atoms with E-state index in [1.165, 1.54) is 5.56 Å². The molecule has 2 aromatic heterocycles. The fourth-order valence-corrected chi connectivity index (χ4v) is 5.60. The second-order valence-corrected chi connectivity index (χ2v) is 9.26. The SMILES string of the molecule is Clc1c(-c2nnc(SC/C=C/c3ccccc3)n2-c2ccccc2)sc2ccccc12. The van der Waals surface area contributed by atoms with Gasteiger partial charge in [-0.25, -0.2) is 0 Å². The van der Waals surface area contributed by atoms with Gasteiger partial charge in [0, 0.05) is 21.5 Å². The zero-order valence-electron chi connectivity index (χ0n) is 16.5. The number of thiophene rings is 1. The lowest BCUT2D eigenvalue weighted by Crippen LogP contribution is -1.99. The van der Waals surface area contributed by atoms with E-state index < -0.39 is 0 Å². The predicted octanol–water partition coefficient (Wildman–Crippen LogP) is 7.61. The van der Waals surface area contributed by atoms with Crippen molar-refractivity contribution in [1.82, 2.24) is 14.8 Å². The normalized spacial score (nSPS) is 11.5. The molecular formula is C25H18ClN3S2. The van der Waals surface area contributed by atoms with E-state index in [4.69, 9.17) is 11.6 Å². The zero-order valence-corrected chi connectivity index (χ0v) is 18.9. The van der Waals surface area contributed by atoms with E-state index in [1.54, 1.807) is 23.1 Å². The maximum atomic E-state index is 6.77. The first-order chi connectivity index (χ1) is 15.3. The van der Waals surface area contributed by atoms with Crippen LogP contribution in [0.25, 0.3) is 32.6 Å². The molecule has 0 bridgehead atoms. The van der Waals surface area contributed by atoms with Gasteiger partial charge < -0.3 is 0 Å². The molecule has 0 fully saturated rings. The van der Waals surface area contributed by atoms with Crippen molar-refractivity contribution in [2.75, 3.05) is 5.75 Å². The number of hydrogen-bond acceptors (Lipinski definition) is 4. The van der Waals surface area contributed by atoms with Crippen molar-refractivity contribution >= 4 is 50.9 Å². The van der Waals surface area contributed by atoms with Crippen LogP contribution >= 0.6 is 34.7 Å². The van der Waals surface area contributed by atoms with Crippen molar-refractivity contribution < 1.29 is 0 Å². The highest BCUT2D eigenvalue weighted by Crippen LogP contribution is 2.42. The van der Waals surface area contributed by atoms with Gasteiger partial charge in [-0.2, -0.15) is 0 Å². The van der Waals surface area contributed by atoms with E-state index in [0.717, 1.165) is 42.4 Å². The maximum absolute atomic E-state index is 6.77. The third kappa shape index (κ3) is 4.17. The molecule has 2 heterocycles. The zero-order chi connectivity index (χ0) is 21.0. The van der Waals surface area contributed by atoms with Gasteiger partial charge in [0.2, 0.25) is 0 Å². The van der Waals surface area contributed by atoms with Gasteiger partial charge in [0.15, 0.2) is 11.0 Å². The predicted molar refractivity (Wildman–Crippen MR) is 133 cm³/mol. The largest absolute Gasteiger partial charge is 0.269 e. The van der Waals surface area contributed by atoms with Crippen LogP contribution in [0.15, 0.2) is 96.2 Å². The number of halogens is 1. The molecule has 0 saturated heterocycles. The summed E-state index contributed by atoms with van der Waals surface area (Å²) in [5, 5.41) is 11.7. The molecule has 0 unspecified atom stereocenters. The van der Waals surface area contributed by atoms with Crippen LogP contribution in [0.3, 0.4) is 0 Å². The van der Waals surface area contributed by atoms with Crippen molar-refractivity contribution in [3.8, 4) is 16.4 Å². The first kappa shape index (κ1) is 20.1. The highest BCUT2D eigenvalue weighted by atomic mass is 35.5. The molecule has 0 aliphatic carbocycles. The fraction of sp³-hybridized carbons (Fsp3) is 0.0400. The minimum atomic E-state index is 0.728. The number of fused-ring (bicyclic) bond motifs is 1. The third-order valence-electron chi connectivity index (χ3n) is 4.80. The molecule has 5 rings (SSSR count). The maximum Gasteiger partial charge on any atom is 0.196 e. The molecule has 0 saturated carbocycles. The van der Waals surface area contributed by atoms with Crippen LogP contribution in [0.2, 0.25) is 5.02 Å². The molecule has 0 radical (unpaired) electrons. The van der Waals surface area contributed by atoms with E-state index in [2.05, 4.69) is 57.2 Å². The first-order valence-corrected chi connectivity index (χ1v) is 12.0. The average molecular weight is 460 g/mol. The van der Waals surface area contributed by atoms with Crippen molar-refractivity contribution in [3.05, 3.63) is 102 Å². The van der Waals surface area contributed by atoms with Gasteiger partial charge >= 0.3 is 0 Å². The highest BCUT2D eigenvalue weighted by Gasteiger charge is 2.21. The minimum Gasteiger partial charge on any atom is -0.269 e. The number of hydrogen-bond donors (Lipinski definition) is 0. The van der Waals surface area contributed by atoms with Crippen molar-refractivity contribution in [2.24, 2.45) is 0 Å². The number of rotatable bonds is 6. The molecule has 0 N–H and O–H groups in total. The van der Waals surface area contributed by atoms with E-state index in [0.29, 0.717) is 0 Å². The summed E-state index contributed by atoms with van der Waals surface area (Å²) in [4.78, 5) is 0.936. The Bertz CT molecular complexity index is 1340. The average Bonchev–Trinajstić information content (AvgIpc) is 3.39. The van der Waals surface area contributed by atoms with Crippen LogP contribution in [-0.2, 0) is 0 Å². The van der Waals surface area contributed by atoms with Crippen LogP contribution in [0.5, 0.6) is 0 Å². The molecule has 31 heavy (non-hydrogen) atoms. The van der Waals surface area contributed by atoms with E-state index in [9.17, 15) is 0 Å². The molecule has 3 aromatic carbocycles. The van der Waals surface area contributed by atoms with Crippen LogP contribution < -0.4 is 0 Å². The number of para-hydroxylation sites is 1. The Labute approximate surface area is 194 Å². The number of nitrogens with zero attached hydrogens (tertiary/aromatic N) is 3. The molecule has 0 spiro atoms. The van der Waals surface area contributed by atoms with Gasteiger partial charge in [-0.15, -0.1) is 21.5 Å². The van der Waals surface area contributed by atoms with Crippen LogP contribution in [0, 0.1) is 0 Å². The molecule has 3 nitrogen and oxygen atoms in total. The topological polar surface area (TPSA) is 30.7 Å². The highest BCUT2D eigenvalue weighted by molar-refractivity contribution is 7.99. The van der Waals surface area contributed by atoms with Gasteiger partial charge in [0.05, 0.1) is 9.90 Å². The Kier molecular flexibility index (Phi) is 5.89.